The van der Waals surface area contributed by atoms with Gasteiger partial charge in [-0.2, -0.15) is 0 Å². The number of piperidine rings is 4. The molecule has 0 spiro atoms. The van der Waals surface area contributed by atoms with Crippen molar-refractivity contribution in [2.75, 3.05) is 70.3 Å². The molecule has 3 aromatic rings. The van der Waals surface area contributed by atoms with Crippen LogP contribution in [-0.4, -0.2) is 93.4 Å². The third-order valence-corrected chi connectivity index (χ3v) is 12.5. The van der Waals surface area contributed by atoms with Crippen molar-refractivity contribution < 1.29 is 19.0 Å². The molecule has 4 fully saturated rings. The normalized spacial score (nSPS) is 19.9. The fourth-order valence-electron chi connectivity index (χ4n) is 7.98. The Kier molecular flexibility index (Phi) is 15.8. The first-order valence-electron chi connectivity index (χ1n) is 19.6. The van der Waals surface area contributed by atoms with Crippen LogP contribution in [0.15, 0.2) is 60.7 Å². The minimum Gasteiger partial charge on any atom is -0.490 e. The van der Waals surface area contributed by atoms with E-state index in [0.29, 0.717) is 31.9 Å². The third-order valence-electron chi connectivity index (χ3n) is 11.0. The van der Waals surface area contributed by atoms with Gasteiger partial charge in [-0.3, -0.25) is 4.79 Å². The molecule has 0 atom stereocenters. The quantitative estimate of drug-likeness (QED) is 0.160. The Balaban J connectivity index is 0.000000197. The summed E-state index contributed by atoms with van der Waals surface area (Å²) < 4.78 is 17.4. The maximum Gasteiger partial charge on any atom is 0.308 e. The maximum atomic E-state index is 11.2. The van der Waals surface area contributed by atoms with E-state index in [-0.39, 0.29) is 12.1 Å². The van der Waals surface area contributed by atoms with E-state index >= 15 is 0 Å². The summed E-state index contributed by atoms with van der Waals surface area (Å²) in [5.41, 5.74) is 1.13. The number of halogens is 4. The van der Waals surface area contributed by atoms with E-state index in [4.69, 9.17) is 60.6 Å². The smallest absolute Gasteiger partial charge is 0.308 e. The molecule has 4 aliphatic rings. The summed E-state index contributed by atoms with van der Waals surface area (Å²) >= 11 is 24.1. The first-order chi connectivity index (χ1) is 26.2. The van der Waals surface area contributed by atoms with Gasteiger partial charge in [0.05, 0.1) is 20.1 Å². The zero-order valence-electron chi connectivity index (χ0n) is 31.3. The largest absolute Gasteiger partial charge is 0.490 e. The number of likely N-dealkylation sites (tertiary alicyclic amines) is 2. The second-order valence-corrected chi connectivity index (χ2v) is 16.7. The van der Waals surface area contributed by atoms with Crippen LogP contribution in [0.3, 0.4) is 0 Å². The summed E-state index contributed by atoms with van der Waals surface area (Å²) in [7, 11) is 0. The molecule has 0 unspecified atom stereocenters. The molecule has 4 saturated heterocycles. The van der Waals surface area contributed by atoms with Crippen LogP contribution < -0.4 is 24.4 Å². The molecule has 0 bridgehead atoms. The highest BCUT2D eigenvalue weighted by molar-refractivity contribution is 6.42. The number of carbonyl (C=O) groups excluding carboxylic acids is 1. The van der Waals surface area contributed by atoms with Crippen molar-refractivity contribution in [1.29, 1.82) is 0 Å². The lowest BCUT2D eigenvalue weighted by molar-refractivity contribution is -0.131. The predicted molar refractivity (Wildman–Crippen MR) is 221 cm³/mol. The summed E-state index contributed by atoms with van der Waals surface area (Å²) in [6, 6.07) is 18.8. The number of nitrogens with zero attached hydrogens (tertiary/aromatic N) is 3. The lowest BCUT2D eigenvalue weighted by Gasteiger charge is -2.38. The summed E-state index contributed by atoms with van der Waals surface area (Å²) in [6.07, 6.45) is 9.76. The molecule has 0 amide bonds. The molecule has 0 radical (unpaired) electrons. The van der Waals surface area contributed by atoms with Gasteiger partial charge >= 0.3 is 5.97 Å². The van der Waals surface area contributed by atoms with Crippen LogP contribution in [-0.2, 0) is 4.79 Å². The minimum absolute atomic E-state index is 0.231. The highest BCUT2D eigenvalue weighted by atomic mass is 35.5. The molecular weight excluding hydrogens is 766 g/mol. The summed E-state index contributed by atoms with van der Waals surface area (Å²) in [5.74, 6) is 3.54. The van der Waals surface area contributed by atoms with Crippen molar-refractivity contribution in [3.63, 3.8) is 0 Å². The molecule has 0 aliphatic carbocycles. The van der Waals surface area contributed by atoms with E-state index < -0.39 is 0 Å². The van der Waals surface area contributed by atoms with Crippen LogP contribution >= 0.6 is 46.4 Å². The lowest BCUT2D eigenvalue weighted by atomic mass is 9.94. The molecule has 12 heteroatoms. The Morgan fingerprint density at radius 1 is 0.611 bits per heavy atom. The van der Waals surface area contributed by atoms with E-state index in [1.165, 1.54) is 52.2 Å². The third kappa shape index (κ3) is 12.8. The second-order valence-electron chi connectivity index (χ2n) is 15.1. The number of rotatable bonds is 10. The number of esters is 1. The monoisotopic (exact) mass is 818 g/mol. The standard InChI is InChI=1S/C25H30Cl2N2O3.C17H24Cl2N2O/c1-18(30)31-22-4-2-3-20(15-22)29-13-7-19(8-14-29)17-28-11-9-21(10-12-28)32-23-5-6-24(26)25(27)16-23;18-16-2-1-15(11-17(16)19)22-14-5-9-21(10-6-14)12-13-3-7-20-8-4-13/h2-6,15-16,19,21H,7-14,17H2,1H3;1-2,11,13-14,20H,3-10,12H2. The van der Waals surface area contributed by atoms with Gasteiger partial charge in [0.15, 0.2) is 0 Å². The first-order valence-corrected chi connectivity index (χ1v) is 21.1. The number of hydrogen-bond acceptors (Lipinski definition) is 8. The highest BCUT2D eigenvalue weighted by Crippen LogP contribution is 2.31. The molecule has 7 rings (SSSR count). The summed E-state index contributed by atoms with van der Waals surface area (Å²) in [4.78, 5) is 18.8. The fraction of sp³-hybridized carbons (Fsp3) is 0.548. The molecule has 8 nitrogen and oxygen atoms in total. The van der Waals surface area contributed by atoms with Crippen LogP contribution in [0.4, 0.5) is 5.69 Å². The van der Waals surface area contributed by atoms with Crippen molar-refractivity contribution in [3.05, 3.63) is 80.8 Å². The number of ether oxygens (including phenoxy) is 3. The second kappa shape index (κ2) is 20.7. The maximum absolute atomic E-state index is 11.2. The molecule has 3 aromatic carbocycles. The minimum atomic E-state index is -0.285. The summed E-state index contributed by atoms with van der Waals surface area (Å²) in [5, 5.41) is 5.65. The van der Waals surface area contributed by atoms with Gasteiger partial charge in [0.1, 0.15) is 29.5 Å². The molecule has 1 N–H and O–H groups in total. The van der Waals surface area contributed by atoms with Crippen LogP contribution in [0.25, 0.3) is 0 Å². The molecule has 4 heterocycles. The molecule has 0 aromatic heterocycles. The first kappa shape index (κ1) is 41.2. The Hall–Kier alpha value is -2.43. The van der Waals surface area contributed by atoms with Crippen molar-refractivity contribution >= 4 is 58.1 Å². The molecule has 54 heavy (non-hydrogen) atoms. The van der Waals surface area contributed by atoms with Gasteiger partial charge in [-0.1, -0.05) is 52.5 Å². The van der Waals surface area contributed by atoms with Crippen molar-refractivity contribution in [2.45, 2.75) is 70.5 Å². The van der Waals surface area contributed by atoms with Crippen LogP contribution in [0.1, 0.15) is 58.3 Å². The van der Waals surface area contributed by atoms with Crippen molar-refractivity contribution in [1.82, 2.24) is 15.1 Å². The number of hydrogen-bond donors (Lipinski definition) is 1. The Bertz CT molecular complexity index is 1640. The zero-order valence-corrected chi connectivity index (χ0v) is 34.3. The van der Waals surface area contributed by atoms with Gasteiger partial charge in [-0.25, -0.2) is 0 Å². The zero-order chi connectivity index (χ0) is 37.9. The van der Waals surface area contributed by atoms with E-state index in [9.17, 15) is 4.79 Å². The highest BCUT2D eigenvalue weighted by Gasteiger charge is 2.27. The molecular formula is C42H54Cl4N4O4. The Morgan fingerprint density at radius 3 is 1.59 bits per heavy atom. The molecule has 4 aliphatic heterocycles. The van der Waals surface area contributed by atoms with Gasteiger partial charge in [-0.05, 0) is 113 Å². The van der Waals surface area contributed by atoms with Crippen LogP contribution in [0.2, 0.25) is 20.1 Å². The average molecular weight is 821 g/mol. The van der Waals surface area contributed by atoms with E-state index in [1.54, 1.807) is 18.2 Å². The number of nitrogens with one attached hydrogen (secondary N) is 1. The van der Waals surface area contributed by atoms with Crippen LogP contribution in [0, 0.1) is 11.8 Å². The van der Waals surface area contributed by atoms with Gasteiger partial charge in [0.25, 0.3) is 0 Å². The predicted octanol–water partition coefficient (Wildman–Crippen LogP) is 9.51. The van der Waals surface area contributed by atoms with E-state index in [0.717, 1.165) is 101 Å². The Morgan fingerprint density at radius 2 is 1.11 bits per heavy atom. The van der Waals surface area contributed by atoms with Crippen molar-refractivity contribution in [3.8, 4) is 17.2 Å². The lowest BCUT2D eigenvalue weighted by Crippen LogP contribution is -2.43. The number of benzene rings is 3. The molecule has 0 saturated carbocycles. The van der Waals surface area contributed by atoms with E-state index in [1.807, 2.05) is 36.4 Å². The molecule has 294 valence electrons. The number of anilines is 1. The fourth-order valence-corrected chi connectivity index (χ4v) is 8.56. The average Bonchev–Trinajstić information content (AvgIpc) is 3.17. The SMILES string of the molecule is CC(=O)Oc1cccc(N2CCC(CN3CCC(Oc4ccc(Cl)c(Cl)c4)CC3)CC2)c1.Clc1ccc(OC2CCN(CC3CCNCC3)CC2)cc1Cl. The van der Waals surface area contributed by atoms with E-state index in [2.05, 4.69) is 26.1 Å². The van der Waals surface area contributed by atoms with Gasteiger partial charge in [-0.15, -0.1) is 0 Å². The van der Waals surface area contributed by atoms with Gasteiger partial charge < -0.3 is 34.2 Å². The topological polar surface area (TPSA) is 66.5 Å². The van der Waals surface area contributed by atoms with Crippen LogP contribution in [0.5, 0.6) is 17.2 Å². The van der Waals surface area contributed by atoms with Crippen molar-refractivity contribution in [2.24, 2.45) is 11.8 Å². The van der Waals surface area contributed by atoms with Gasteiger partial charge in [0, 0.05) is 83.2 Å². The summed E-state index contributed by atoms with van der Waals surface area (Å²) in [6.45, 7) is 12.7. The van der Waals surface area contributed by atoms with Gasteiger partial charge in [0.2, 0.25) is 0 Å². The number of carbonyl (C=O) groups is 1. The Labute approximate surface area is 341 Å².